The Bertz CT molecular complexity index is 619. The molecule has 3 aromatic heterocycles. The minimum atomic E-state index is 1.13. The lowest BCUT2D eigenvalue weighted by Crippen LogP contribution is -1.77. The van der Waals surface area contributed by atoms with E-state index in [0.717, 1.165) is 5.69 Å². The van der Waals surface area contributed by atoms with E-state index < -0.39 is 0 Å². The predicted molar refractivity (Wildman–Crippen MR) is 82.7 cm³/mol. The number of aromatic nitrogens is 1. The van der Waals surface area contributed by atoms with Crippen molar-refractivity contribution in [2.75, 3.05) is 0 Å². The van der Waals surface area contributed by atoms with Crippen molar-refractivity contribution in [2.24, 2.45) is 0 Å². The first-order chi connectivity index (χ1) is 8.88. The fourth-order valence-corrected chi connectivity index (χ4v) is 4.43. The van der Waals surface area contributed by atoms with E-state index in [1.165, 1.54) is 33.7 Å². The van der Waals surface area contributed by atoms with E-state index in [-0.39, 0.29) is 0 Å². The molecule has 1 nitrogen and oxygen atoms in total. The molecule has 3 heterocycles. The largest absolute Gasteiger partial charge is 0.244 e. The molecule has 0 N–H and O–H groups in total. The second-order valence-corrected chi connectivity index (χ2v) is 6.72. The molecule has 0 aliphatic carbocycles. The number of hydrogen-bond donors (Lipinski definition) is 0. The maximum absolute atomic E-state index is 4.52. The van der Waals surface area contributed by atoms with Crippen LogP contribution in [0.1, 0.15) is 18.2 Å². The van der Waals surface area contributed by atoms with Crippen LogP contribution < -0.4 is 0 Å². The van der Waals surface area contributed by atoms with Crippen LogP contribution in [0.15, 0.2) is 33.8 Å². The van der Waals surface area contributed by atoms with Gasteiger partial charge in [-0.2, -0.15) is 11.3 Å². The van der Waals surface area contributed by atoms with Crippen LogP contribution in [-0.4, -0.2) is 4.98 Å². The summed E-state index contributed by atoms with van der Waals surface area (Å²) in [6, 6.07) is 4.46. The quantitative estimate of drug-likeness (QED) is 0.614. The van der Waals surface area contributed by atoms with Gasteiger partial charge >= 0.3 is 0 Å². The van der Waals surface area contributed by atoms with E-state index in [0.29, 0.717) is 0 Å². The van der Waals surface area contributed by atoms with E-state index in [4.69, 9.17) is 0 Å². The lowest BCUT2D eigenvalue weighted by molar-refractivity contribution is 0.940. The van der Waals surface area contributed by atoms with Crippen molar-refractivity contribution in [2.45, 2.75) is 19.8 Å². The van der Waals surface area contributed by atoms with Gasteiger partial charge in [-0.25, -0.2) is 4.98 Å². The molecule has 0 amide bonds. The highest BCUT2D eigenvalue weighted by molar-refractivity contribution is 7.15. The minimum absolute atomic E-state index is 1.13. The van der Waals surface area contributed by atoms with Crippen molar-refractivity contribution in [1.82, 2.24) is 4.98 Å². The summed E-state index contributed by atoms with van der Waals surface area (Å²) in [4.78, 5) is 7.29. The Balaban J connectivity index is 1.99. The molecule has 0 unspecified atom stereocenters. The lowest BCUT2D eigenvalue weighted by Gasteiger charge is -1.97. The summed E-state index contributed by atoms with van der Waals surface area (Å²) in [5, 5.41) is 6.53. The van der Waals surface area contributed by atoms with Crippen LogP contribution in [0.3, 0.4) is 0 Å². The van der Waals surface area contributed by atoms with E-state index >= 15 is 0 Å². The summed E-state index contributed by atoms with van der Waals surface area (Å²) in [5.41, 5.74) is 5.63. The highest BCUT2D eigenvalue weighted by Crippen LogP contribution is 2.37. The maximum Gasteiger partial charge on any atom is 0.0899 e. The molecule has 3 rings (SSSR count). The average molecular weight is 291 g/mol. The van der Waals surface area contributed by atoms with Gasteiger partial charge < -0.3 is 0 Å². The SMILES string of the molecule is CCCc1cc(-c2scnc2-c2ccsc2)cs1. The van der Waals surface area contributed by atoms with Gasteiger partial charge in [-0.1, -0.05) is 13.3 Å². The summed E-state index contributed by atoms with van der Waals surface area (Å²) >= 11 is 5.31. The first-order valence-electron chi connectivity index (χ1n) is 5.92. The molecule has 0 aliphatic rings. The molecule has 0 spiro atoms. The zero-order chi connectivity index (χ0) is 12.4. The third-order valence-electron chi connectivity index (χ3n) is 2.77. The first-order valence-corrected chi connectivity index (χ1v) is 8.62. The number of nitrogens with zero attached hydrogens (tertiary/aromatic N) is 1. The third kappa shape index (κ3) is 2.28. The Morgan fingerprint density at radius 3 is 2.89 bits per heavy atom. The summed E-state index contributed by atoms with van der Waals surface area (Å²) in [5.74, 6) is 0. The van der Waals surface area contributed by atoms with Crippen molar-refractivity contribution in [3.63, 3.8) is 0 Å². The standard InChI is InChI=1S/C14H13NS3/c1-2-3-12-6-11(8-17-12)14-13(15-9-18-14)10-4-5-16-7-10/h4-9H,2-3H2,1H3. The number of thiazole rings is 1. The van der Waals surface area contributed by atoms with Crippen LogP contribution in [0.25, 0.3) is 21.7 Å². The Hall–Kier alpha value is -0.970. The topological polar surface area (TPSA) is 12.9 Å². The number of aryl methyl sites for hydroxylation is 1. The summed E-state index contributed by atoms with van der Waals surface area (Å²) in [7, 11) is 0. The van der Waals surface area contributed by atoms with Gasteiger partial charge in [-0.15, -0.1) is 22.7 Å². The number of hydrogen-bond acceptors (Lipinski definition) is 4. The predicted octanol–water partition coefficient (Wildman–Crippen LogP) is 5.55. The molecule has 0 atom stereocenters. The zero-order valence-electron chi connectivity index (χ0n) is 10.1. The fraction of sp³-hybridized carbons (Fsp3) is 0.214. The monoisotopic (exact) mass is 291 g/mol. The Kier molecular flexibility index (Phi) is 3.59. The molecule has 0 fully saturated rings. The van der Waals surface area contributed by atoms with Crippen LogP contribution in [-0.2, 0) is 6.42 Å². The van der Waals surface area contributed by atoms with Crippen molar-refractivity contribution < 1.29 is 0 Å². The van der Waals surface area contributed by atoms with Crippen LogP contribution in [0.5, 0.6) is 0 Å². The van der Waals surface area contributed by atoms with Gasteiger partial charge in [-0.3, -0.25) is 0 Å². The van der Waals surface area contributed by atoms with Gasteiger partial charge in [0, 0.05) is 21.4 Å². The maximum atomic E-state index is 4.52. The smallest absolute Gasteiger partial charge is 0.0899 e. The molecule has 0 radical (unpaired) electrons. The number of rotatable bonds is 4. The van der Waals surface area contributed by atoms with Gasteiger partial charge in [0.25, 0.3) is 0 Å². The highest BCUT2D eigenvalue weighted by atomic mass is 32.1. The van der Waals surface area contributed by atoms with E-state index in [1.807, 2.05) is 16.8 Å². The summed E-state index contributed by atoms with van der Waals surface area (Å²) < 4.78 is 0. The Morgan fingerprint density at radius 2 is 2.11 bits per heavy atom. The van der Waals surface area contributed by atoms with Crippen LogP contribution in [0.4, 0.5) is 0 Å². The molecule has 92 valence electrons. The summed E-state index contributed by atoms with van der Waals surface area (Å²) in [6.45, 7) is 2.23. The van der Waals surface area contributed by atoms with Crippen molar-refractivity contribution in [3.8, 4) is 21.7 Å². The van der Waals surface area contributed by atoms with Crippen LogP contribution in [0, 0.1) is 0 Å². The van der Waals surface area contributed by atoms with Gasteiger partial charge in [0.2, 0.25) is 0 Å². The second-order valence-electron chi connectivity index (χ2n) is 4.09. The first kappa shape index (κ1) is 12.1. The normalized spacial score (nSPS) is 10.9. The van der Waals surface area contributed by atoms with Gasteiger partial charge in [0.1, 0.15) is 0 Å². The molecule has 0 aromatic carbocycles. The Morgan fingerprint density at radius 1 is 1.17 bits per heavy atom. The average Bonchev–Trinajstić information content (AvgIpc) is 3.10. The molecule has 0 aliphatic heterocycles. The Labute approximate surface area is 119 Å². The lowest BCUT2D eigenvalue weighted by atomic mass is 10.1. The van der Waals surface area contributed by atoms with Gasteiger partial charge in [-0.05, 0) is 29.3 Å². The zero-order valence-corrected chi connectivity index (χ0v) is 12.5. The molecule has 0 saturated heterocycles. The molecule has 18 heavy (non-hydrogen) atoms. The minimum Gasteiger partial charge on any atom is -0.244 e. The second kappa shape index (κ2) is 5.34. The highest BCUT2D eigenvalue weighted by Gasteiger charge is 2.12. The van der Waals surface area contributed by atoms with Gasteiger partial charge in [0.05, 0.1) is 16.1 Å². The van der Waals surface area contributed by atoms with E-state index in [1.54, 1.807) is 22.7 Å². The van der Waals surface area contributed by atoms with Crippen molar-refractivity contribution >= 4 is 34.0 Å². The van der Waals surface area contributed by atoms with E-state index in [2.05, 4.69) is 40.2 Å². The molecule has 4 heteroatoms. The van der Waals surface area contributed by atoms with Crippen molar-refractivity contribution in [3.05, 3.63) is 38.7 Å². The third-order valence-corrected chi connectivity index (χ3v) is 5.33. The molecule has 3 aromatic rings. The number of thiophene rings is 2. The molecular weight excluding hydrogens is 278 g/mol. The van der Waals surface area contributed by atoms with E-state index in [9.17, 15) is 0 Å². The molecule has 0 saturated carbocycles. The van der Waals surface area contributed by atoms with Crippen LogP contribution >= 0.6 is 34.0 Å². The van der Waals surface area contributed by atoms with Crippen LogP contribution in [0.2, 0.25) is 0 Å². The molecule has 0 bridgehead atoms. The molecular formula is C14H13NS3. The fourth-order valence-electron chi connectivity index (χ4n) is 1.93. The van der Waals surface area contributed by atoms with Gasteiger partial charge in [0.15, 0.2) is 0 Å². The summed E-state index contributed by atoms with van der Waals surface area (Å²) in [6.07, 6.45) is 2.39. The van der Waals surface area contributed by atoms with Crippen molar-refractivity contribution in [1.29, 1.82) is 0 Å².